The first kappa shape index (κ1) is 10.7. The van der Waals surface area contributed by atoms with Gasteiger partial charge in [0.05, 0.1) is 4.92 Å². The van der Waals surface area contributed by atoms with Gasteiger partial charge in [-0.3, -0.25) is 10.1 Å². The molecule has 0 amide bonds. The van der Waals surface area contributed by atoms with Crippen LogP contribution in [-0.2, 0) is 0 Å². The Morgan fingerprint density at radius 2 is 2.21 bits per heavy atom. The van der Waals surface area contributed by atoms with Crippen LogP contribution in [0.2, 0.25) is 0 Å². The Labute approximate surface area is 89.2 Å². The number of phenolic OH excluding ortho intramolecular Hbond substituents is 1. The summed E-state index contributed by atoms with van der Waals surface area (Å²) in [5.74, 6) is -0.309. The van der Waals surface area contributed by atoms with Crippen molar-refractivity contribution in [3.8, 4) is 5.75 Å². The van der Waals surface area contributed by atoms with Crippen molar-refractivity contribution in [1.29, 1.82) is 0 Å². The van der Waals surface area contributed by atoms with Crippen molar-refractivity contribution < 1.29 is 10.0 Å². The van der Waals surface area contributed by atoms with E-state index in [4.69, 9.17) is 0 Å². The van der Waals surface area contributed by atoms with Gasteiger partial charge in [-0.2, -0.15) is 0 Å². The average molecular weight is 258 g/mol. The molecule has 4 nitrogen and oxygen atoms in total. The minimum absolute atomic E-state index is 0.299. The number of hydrogen-bond donors (Lipinski definition) is 1. The number of rotatable bonds is 2. The van der Waals surface area contributed by atoms with Gasteiger partial charge in [0.2, 0.25) is 5.75 Å². The number of allylic oxidation sites excluding steroid dienone is 1. The number of nitro groups is 1. The molecule has 14 heavy (non-hydrogen) atoms. The molecule has 0 aliphatic rings. The largest absolute Gasteiger partial charge is 0.502 e. The topological polar surface area (TPSA) is 63.4 Å². The van der Waals surface area contributed by atoms with Gasteiger partial charge in [0.15, 0.2) is 0 Å². The molecule has 0 saturated carbocycles. The third-order valence-electron chi connectivity index (χ3n) is 1.63. The van der Waals surface area contributed by atoms with Crippen molar-refractivity contribution in [2.24, 2.45) is 0 Å². The third kappa shape index (κ3) is 2.11. The van der Waals surface area contributed by atoms with Gasteiger partial charge in [-0.1, -0.05) is 28.1 Å². The first-order chi connectivity index (χ1) is 6.56. The Balaban J connectivity index is 3.39. The Morgan fingerprint density at radius 3 is 2.71 bits per heavy atom. The summed E-state index contributed by atoms with van der Waals surface area (Å²) in [6, 6.07) is 2.88. The van der Waals surface area contributed by atoms with Crippen molar-refractivity contribution in [2.45, 2.75) is 6.92 Å². The van der Waals surface area contributed by atoms with Gasteiger partial charge >= 0.3 is 5.69 Å². The molecule has 0 heterocycles. The third-order valence-corrected chi connectivity index (χ3v) is 2.08. The van der Waals surface area contributed by atoms with Crippen molar-refractivity contribution in [3.63, 3.8) is 0 Å². The lowest BCUT2D eigenvalue weighted by Crippen LogP contribution is -1.90. The Bertz CT molecular complexity index is 401. The summed E-state index contributed by atoms with van der Waals surface area (Å²) in [6.45, 7) is 1.77. The molecule has 0 fully saturated rings. The molecule has 0 aliphatic carbocycles. The number of nitro benzene ring substituents is 1. The maximum absolute atomic E-state index is 10.5. The van der Waals surface area contributed by atoms with Crippen LogP contribution in [0.5, 0.6) is 5.75 Å². The molecule has 1 aromatic carbocycles. The molecular weight excluding hydrogens is 250 g/mol. The van der Waals surface area contributed by atoms with Crippen molar-refractivity contribution >= 4 is 27.7 Å². The molecule has 0 radical (unpaired) electrons. The number of phenols is 1. The quantitative estimate of drug-likeness (QED) is 0.654. The fourth-order valence-corrected chi connectivity index (χ4v) is 1.51. The van der Waals surface area contributed by atoms with Gasteiger partial charge in [0.1, 0.15) is 0 Å². The first-order valence-corrected chi connectivity index (χ1v) is 4.65. The highest BCUT2D eigenvalue weighted by molar-refractivity contribution is 9.10. The van der Waals surface area contributed by atoms with Crippen LogP contribution < -0.4 is 0 Å². The van der Waals surface area contributed by atoms with Crippen LogP contribution in [0, 0.1) is 10.1 Å². The molecule has 0 atom stereocenters. The summed E-state index contributed by atoms with van der Waals surface area (Å²) < 4.78 is 0.565. The average Bonchev–Trinajstić information content (AvgIpc) is 2.10. The van der Waals surface area contributed by atoms with Gasteiger partial charge in [-0.05, 0) is 13.0 Å². The molecule has 1 aromatic rings. The Morgan fingerprint density at radius 1 is 1.57 bits per heavy atom. The lowest BCUT2D eigenvalue weighted by Gasteiger charge is -2.01. The molecule has 0 unspecified atom stereocenters. The fraction of sp³-hybridized carbons (Fsp3) is 0.111. The predicted octanol–water partition coefficient (Wildman–Crippen LogP) is 3.10. The van der Waals surface area contributed by atoms with E-state index in [1.165, 1.54) is 6.07 Å². The van der Waals surface area contributed by atoms with E-state index >= 15 is 0 Å². The van der Waals surface area contributed by atoms with Crippen LogP contribution in [0.1, 0.15) is 12.5 Å². The van der Waals surface area contributed by atoms with Crippen LogP contribution in [0.3, 0.4) is 0 Å². The Hall–Kier alpha value is -1.36. The molecule has 0 spiro atoms. The molecular formula is C9H8BrNO3. The lowest BCUT2D eigenvalue weighted by molar-refractivity contribution is -0.385. The van der Waals surface area contributed by atoms with Crippen LogP contribution >= 0.6 is 15.9 Å². The van der Waals surface area contributed by atoms with E-state index in [1.807, 2.05) is 0 Å². The van der Waals surface area contributed by atoms with E-state index in [0.717, 1.165) is 0 Å². The van der Waals surface area contributed by atoms with Crippen molar-refractivity contribution in [1.82, 2.24) is 0 Å². The summed E-state index contributed by atoms with van der Waals surface area (Å²) in [7, 11) is 0. The van der Waals surface area contributed by atoms with E-state index in [9.17, 15) is 15.2 Å². The lowest BCUT2D eigenvalue weighted by atomic mass is 10.1. The highest BCUT2D eigenvalue weighted by Gasteiger charge is 2.16. The van der Waals surface area contributed by atoms with Gasteiger partial charge in [0.25, 0.3) is 0 Å². The normalized spacial score (nSPS) is 10.7. The summed E-state index contributed by atoms with van der Waals surface area (Å²) in [5, 5.41) is 20.0. The molecule has 0 bridgehead atoms. The van der Waals surface area contributed by atoms with E-state index in [1.54, 1.807) is 25.1 Å². The predicted molar refractivity (Wildman–Crippen MR) is 57.2 cm³/mol. The second-order valence-electron chi connectivity index (χ2n) is 2.62. The summed E-state index contributed by atoms with van der Waals surface area (Å²) >= 11 is 3.14. The van der Waals surface area contributed by atoms with Crippen LogP contribution in [0.15, 0.2) is 22.7 Å². The number of benzene rings is 1. The maximum Gasteiger partial charge on any atom is 0.312 e. The van der Waals surface area contributed by atoms with Gasteiger partial charge in [-0.15, -0.1) is 0 Å². The van der Waals surface area contributed by atoms with E-state index in [0.29, 0.717) is 10.0 Å². The SMILES string of the molecule is C/C=C/c1cc(Br)cc([N+](=O)[O-])c1O. The number of hydrogen-bond acceptors (Lipinski definition) is 3. The second-order valence-corrected chi connectivity index (χ2v) is 3.54. The van der Waals surface area contributed by atoms with Crippen LogP contribution in [-0.4, -0.2) is 10.0 Å². The number of halogens is 1. The summed E-state index contributed by atoms with van der Waals surface area (Å²) in [4.78, 5) is 9.91. The highest BCUT2D eigenvalue weighted by atomic mass is 79.9. The van der Waals surface area contributed by atoms with Gasteiger partial charge in [-0.25, -0.2) is 0 Å². The molecule has 74 valence electrons. The smallest absolute Gasteiger partial charge is 0.312 e. The summed E-state index contributed by atoms with van der Waals surface area (Å²) in [6.07, 6.45) is 3.30. The van der Waals surface area contributed by atoms with E-state index in [2.05, 4.69) is 15.9 Å². The molecule has 0 saturated heterocycles. The minimum Gasteiger partial charge on any atom is -0.502 e. The van der Waals surface area contributed by atoms with E-state index in [-0.39, 0.29) is 11.4 Å². The molecule has 1 rings (SSSR count). The standard InChI is InChI=1S/C9H8BrNO3/c1-2-3-6-4-7(10)5-8(9(6)12)11(13)14/h2-5,12H,1H3/b3-2+. The van der Waals surface area contributed by atoms with E-state index < -0.39 is 4.92 Å². The number of aromatic hydroxyl groups is 1. The maximum atomic E-state index is 10.5. The van der Waals surface area contributed by atoms with Crippen LogP contribution in [0.25, 0.3) is 6.08 Å². The second kappa shape index (κ2) is 4.23. The molecule has 5 heteroatoms. The van der Waals surface area contributed by atoms with Crippen molar-refractivity contribution in [3.05, 3.63) is 38.4 Å². The Kier molecular flexibility index (Phi) is 3.24. The first-order valence-electron chi connectivity index (χ1n) is 3.86. The monoisotopic (exact) mass is 257 g/mol. The molecule has 1 N–H and O–H groups in total. The van der Waals surface area contributed by atoms with Crippen molar-refractivity contribution in [2.75, 3.05) is 0 Å². The molecule has 0 aliphatic heterocycles. The minimum atomic E-state index is -0.618. The highest BCUT2D eigenvalue weighted by Crippen LogP contribution is 2.33. The van der Waals surface area contributed by atoms with Gasteiger partial charge < -0.3 is 5.11 Å². The summed E-state index contributed by atoms with van der Waals surface area (Å²) in [5.41, 5.74) is 0.126. The molecule has 0 aromatic heterocycles. The van der Waals surface area contributed by atoms with Gasteiger partial charge in [0, 0.05) is 16.1 Å². The van der Waals surface area contributed by atoms with Crippen LogP contribution in [0.4, 0.5) is 5.69 Å². The zero-order valence-electron chi connectivity index (χ0n) is 7.40. The zero-order valence-corrected chi connectivity index (χ0v) is 8.98. The number of nitrogens with zero attached hydrogens (tertiary/aromatic N) is 1. The fourth-order valence-electron chi connectivity index (χ4n) is 1.05. The zero-order chi connectivity index (χ0) is 10.7.